The van der Waals surface area contributed by atoms with Crippen LogP contribution >= 0.6 is 0 Å². The minimum Gasteiger partial charge on any atom is -0.402 e. The maximum atomic E-state index is 5.70. The van der Waals surface area contributed by atoms with E-state index in [0.29, 0.717) is 5.84 Å². The molecule has 0 aromatic rings. The van der Waals surface area contributed by atoms with Crippen LogP contribution in [-0.2, 0) is 0 Å². The van der Waals surface area contributed by atoms with Crippen molar-refractivity contribution in [2.75, 3.05) is 26.7 Å². The van der Waals surface area contributed by atoms with E-state index in [4.69, 9.17) is 5.73 Å². The molecule has 98 valence electrons. The molecule has 0 radical (unpaired) electrons. The van der Waals surface area contributed by atoms with Gasteiger partial charge in [0.05, 0.1) is 0 Å². The van der Waals surface area contributed by atoms with E-state index in [2.05, 4.69) is 35.6 Å². The average Bonchev–Trinajstić information content (AvgIpc) is 2.32. The van der Waals surface area contributed by atoms with Crippen molar-refractivity contribution in [3.8, 4) is 0 Å². The Kier molecular flexibility index (Phi) is 8.32. The fourth-order valence-corrected chi connectivity index (χ4v) is 1.30. The highest BCUT2D eigenvalue weighted by atomic mass is 15.1. The highest BCUT2D eigenvalue weighted by Gasteiger charge is 2.01. The molecule has 0 unspecified atom stereocenters. The van der Waals surface area contributed by atoms with Gasteiger partial charge in [-0.2, -0.15) is 0 Å². The molecule has 0 heterocycles. The van der Waals surface area contributed by atoms with Crippen LogP contribution in [0.5, 0.6) is 0 Å². The maximum absolute atomic E-state index is 5.70. The fourth-order valence-electron chi connectivity index (χ4n) is 1.30. The number of aliphatic imine (C=N–C) groups is 2. The quantitative estimate of drug-likeness (QED) is 0.419. The summed E-state index contributed by atoms with van der Waals surface area (Å²) in [6, 6.07) is 0. The number of nitrogens with two attached hydrogens (primary N) is 1. The summed E-state index contributed by atoms with van der Waals surface area (Å²) in [6.45, 7) is 12.5. The minimum absolute atomic E-state index is 0.675. The van der Waals surface area contributed by atoms with Crippen molar-refractivity contribution in [2.24, 2.45) is 15.7 Å². The Hall–Kier alpha value is -1.16. The van der Waals surface area contributed by atoms with Crippen LogP contribution in [0, 0.1) is 0 Å². The van der Waals surface area contributed by atoms with Gasteiger partial charge in [0.15, 0.2) is 5.84 Å². The SMILES string of the molecule is C=NC(=NCCCCN(C)CC)C(C)=C(C)N. The third-order valence-corrected chi connectivity index (χ3v) is 2.83. The highest BCUT2D eigenvalue weighted by molar-refractivity contribution is 6.00. The highest BCUT2D eigenvalue weighted by Crippen LogP contribution is 2.03. The molecule has 0 bridgehead atoms. The third-order valence-electron chi connectivity index (χ3n) is 2.83. The summed E-state index contributed by atoms with van der Waals surface area (Å²) in [5.41, 5.74) is 7.38. The van der Waals surface area contributed by atoms with Crippen molar-refractivity contribution < 1.29 is 0 Å². The molecule has 0 rings (SSSR count). The van der Waals surface area contributed by atoms with Crippen molar-refractivity contribution in [1.29, 1.82) is 0 Å². The molecule has 2 N–H and O–H groups in total. The summed E-state index contributed by atoms with van der Waals surface area (Å²) >= 11 is 0. The molecule has 17 heavy (non-hydrogen) atoms. The predicted octanol–water partition coefficient (Wildman–Crippen LogP) is 2.07. The van der Waals surface area contributed by atoms with Crippen LogP contribution < -0.4 is 5.73 Å². The van der Waals surface area contributed by atoms with E-state index >= 15 is 0 Å². The van der Waals surface area contributed by atoms with Crippen molar-refractivity contribution in [3.63, 3.8) is 0 Å². The molecule has 0 aliphatic heterocycles. The number of amidine groups is 1. The van der Waals surface area contributed by atoms with Gasteiger partial charge in [-0.15, -0.1) is 0 Å². The molecular weight excluding hydrogens is 212 g/mol. The first-order valence-electron chi connectivity index (χ1n) is 6.16. The first kappa shape index (κ1) is 15.8. The zero-order valence-corrected chi connectivity index (χ0v) is 11.7. The number of hydrogen-bond donors (Lipinski definition) is 1. The van der Waals surface area contributed by atoms with Crippen molar-refractivity contribution >= 4 is 12.6 Å². The monoisotopic (exact) mass is 238 g/mol. The second-order valence-corrected chi connectivity index (χ2v) is 4.27. The molecule has 0 atom stereocenters. The lowest BCUT2D eigenvalue weighted by Crippen LogP contribution is -2.18. The van der Waals surface area contributed by atoms with Gasteiger partial charge in [0.2, 0.25) is 0 Å². The van der Waals surface area contributed by atoms with Gasteiger partial charge in [0.1, 0.15) is 0 Å². The Balaban J connectivity index is 4.06. The van der Waals surface area contributed by atoms with Gasteiger partial charge in [-0.1, -0.05) is 6.92 Å². The fraction of sp³-hybridized carbons (Fsp3) is 0.692. The Morgan fingerprint density at radius 2 is 1.94 bits per heavy atom. The second-order valence-electron chi connectivity index (χ2n) is 4.27. The summed E-state index contributed by atoms with van der Waals surface area (Å²) < 4.78 is 0. The first-order valence-corrected chi connectivity index (χ1v) is 6.16. The Bertz CT molecular complexity index is 288. The molecule has 0 aromatic carbocycles. The summed E-state index contributed by atoms with van der Waals surface area (Å²) in [7, 11) is 2.13. The number of hydrogen-bond acceptors (Lipinski definition) is 3. The van der Waals surface area contributed by atoms with Crippen LogP contribution in [0.1, 0.15) is 33.6 Å². The lowest BCUT2D eigenvalue weighted by molar-refractivity contribution is 0.344. The van der Waals surface area contributed by atoms with Crippen molar-refractivity contribution in [3.05, 3.63) is 11.3 Å². The molecule has 4 heteroatoms. The van der Waals surface area contributed by atoms with E-state index in [1.54, 1.807) is 0 Å². The van der Waals surface area contributed by atoms with Gasteiger partial charge in [0.25, 0.3) is 0 Å². The molecule has 0 saturated heterocycles. The molecule has 4 nitrogen and oxygen atoms in total. The van der Waals surface area contributed by atoms with Gasteiger partial charge >= 0.3 is 0 Å². The zero-order valence-electron chi connectivity index (χ0n) is 11.7. The van der Waals surface area contributed by atoms with Gasteiger partial charge in [-0.3, -0.25) is 4.99 Å². The van der Waals surface area contributed by atoms with Gasteiger partial charge in [-0.25, -0.2) is 4.99 Å². The van der Waals surface area contributed by atoms with E-state index in [1.807, 2.05) is 13.8 Å². The summed E-state index contributed by atoms with van der Waals surface area (Å²) in [5.74, 6) is 0.675. The molecular formula is C13H26N4. The van der Waals surface area contributed by atoms with Crippen LogP contribution in [0.15, 0.2) is 21.3 Å². The van der Waals surface area contributed by atoms with Gasteiger partial charge in [0, 0.05) is 17.8 Å². The molecule has 0 aliphatic rings. The van der Waals surface area contributed by atoms with Crippen LogP contribution in [0.25, 0.3) is 0 Å². The second kappa shape index (κ2) is 8.93. The third kappa shape index (κ3) is 6.89. The van der Waals surface area contributed by atoms with Crippen LogP contribution in [0.2, 0.25) is 0 Å². The van der Waals surface area contributed by atoms with E-state index in [-0.39, 0.29) is 0 Å². The van der Waals surface area contributed by atoms with Crippen molar-refractivity contribution in [1.82, 2.24) is 4.90 Å². The largest absolute Gasteiger partial charge is 0.402 e. The summed E-state index contributed by atoms with van der Waals surface area (Å²) in [4.78, 5) is 10.6. The first-order chi connectivity index (χ1) is 8.02. The van der Waals surface area contributed by atoms with Gasteiger partial charge < -0.3 is 10.6 Å². The summed E-state index contributed by atoms with van der Waals surface area (Å²) in [5, 5.41) is 0. The molecule has 0 aromatic heterocycles. The number of nitrogens with zero attached hydrogens (tertiary/aromatic N) is 3. The minimum atomic E-state index is 0.675. The van der Waals surface area contributed by atoms with Crippen LogP contribution in [0.4, 0.5) is 0 Å². The molecule has 0 spiro atoms. The van der Waals surface area contributed by atoms with E-state index in [0.717, 1.165) is 43.7 Å². The van der Waals surface area contributed by atoms with Crippen molar-refractivity contribution in [2.45, 2.75) is 33.6 Å². The average molecular weight is 238 g/mol. The topological polar surface area (TPSA) is 54.0 Å². The Labute approximate surface area is 105 Å². The van der Waals surface area contributed by atoms with E-state index in [9.17, 15) is 0 Å². The van der Waals surface area contributed by atoms with Gasteiger partial charge in [-0.05, 0) is 53.5 Å². The van der Waals surface area contributed by atoms with E-state index in [1.165, 1.54) is 0 Å². The lowest BCUT2D eigenvalue weighted by atomic mass is 10.2. The lowest BCUT2D eigenvalue weighted by Gasteiger charge is -2.12. The standard InChI is InChI=1S/C13H26N4/c1-6-17(5)10-8-7-9-16-13(15-4)11(2)12(3)14/h4,6-10,14H2,1-3,5H3. The molecule has 0 amide bonds. The summed E-state index contributed by atoms with van der Waals surface area (Å²) in [6.07, 6.45) is 2.23. The zero-order chi connectivity index (χ0) is 13.3. The molecule has 0 saturated carbocycles. The normalized spacial score (nSPS) is 13.8. The number of allylic oxidation sites excluding steroid dienone is 1. The van der Waals surface area contributed by atoms with Crippen LogP contribution in [-0.4, -0.2) is 44.1 Å². The molecule has 0 aliphatic carbocycles. The maximum Gasteiger partial charge on any atom is 0.151 e. The Morgan fingerprint density at radius 3 is 2.41 bits per heavy atom. The number of unbranched alkanes of at least 4 members (excludes halogenated alkanes) is 1. The number of rotatable bonds is 7. The smallest absolute Gasteiger partial charge is 0.151 e. The predicted molar refractivity (Wildman–Crippen MR) is 76.8 cm³/mol. The Morgan fingerprint density at radius 1 is 1.29 bits per heavy atom. The van der Waals surface area contributed by atoms with Crippen LogP contribution in [0.3, 0.4) is 0 Å². The van der Waals surface area contributed by atoms with E-state index < -0.39 is 0 Å². The molecule has 0 fully saturated rings.